The summed E-state index contributed by atoms with van der Waals surface area (Å²) < 4.78 is 5.99. The van der Waals surface area contributed by atoms with Gasteiger partial charge in [-0.05, 0) is 22.0 Å². The number of carbonyl (C=O) groups excluding carboxylic acids is 1. The number of halogens is 1. The van der Waals surface area contributed by atoms with E-state index in [9.17, 15) is 4.79 Å². The summed E-state index contributed by atoms with van der Waals surface area (Å²) in [6.45, 7) is 1.51. The lowest BCUT2D eigenvalue weighted by atomic mass is 10.3. The van der Waals surface area contributed by atoms with Crippen molar-refractivity contribution in [3.63, 3.8) is 0 Å². The fourth-order valence-corrected chi connectivity index (χ4v) is 1.46. The number of hydrogen-bond acceptors (Lipinski definition) is 2. The number of ketones is 1. The lowest BCUT2D eigenvalue weighted by molar-refractivity contribution is 0.101. The molecule has 0 unspecified atom stereocenters. The van der Waals surface area contributed by atoms with E-state index in [4.69, 9.17) is 4.42 Å². The summed E-state index contributed by atoms with van der Waals surface area (Å²) in [4.78, 5) is 13.8. The standard InChI is InChI=1S/C8H6BrNO2/c1-4(11)7-2-5-6(9)3-12-8(5)10-7/h2-3,10H,1H3. The van der Waals surface area contributed by atoms with E-state index in [1.807, 2.05) is 0 Å². The van der Waals surface area contributed by atoms with Gasteiger partial charge in [0.15, 0.2) is 5.78 Å². The maximum Gasteiger partial charge on any atom is 0.205 e. The summed E-state index contributed by atoms with van der Waals surface area (Å²) in [5.74, 6) is 0.00769. The highest BCUT2D eigenvalue weighted by Crippen LogP contribution is 2.26. The Labute approximate surface area is 76.9 Å². The minimum atomic E-state index is 0.00769. The molecule has 0 aliphatic carbocycles. The van der Waals surface area contributed by atoms with Crippen molar-refractivity contribution in [3.05, 3.63) is 22.5 Å². The number of fused-ring (bicyclic) bond motifs is 1. The predicted octanol–water partition coefficient (Wildman–Crippen LogP) is 2.73. The number of furan rings is 1. The third-order valence-corrected chi connectivity index (χ3v) is 2.31. The second-order valence-corrected chi connectivity index (χ2v) is 3.42. The number of Topliss-reactive ketones (excluding diaryl/α,β-unsaturated/α-hetero) is 1. The van der Waals surface area contributed by atoms with E-state index < -0.39 is 0 Å². The molecule has 0 fully saturated rings. The summed E-state index contributed by atoms with van der Waals surface area (Å²) in [6.07, 6.45) is 1.59. The van der Waals surface area contributed by atoms with Gasteiger partial charge in [-0.15, -0.1) is 0 Å². The maximum atomic E-state index is 10.9. The zero-order valence-electron chi connectivity index (χ0n) is 6.35. The van der Waals surface area contributed by atoms with Crippen LogP contribution in [0.2, 0.25) is 0 Å². The molecule has 3 nitrogen and oxygen atoms in total. The predicted molar refractivity (Wildman–Crippen MR) is 48.3 cm³/mol. The molecule has 4 heteroatoms. The van der Waals surface area contributed by atoms with Crippen LogP contribution in [0.15, 0.2) is 21.2 Å². The number of carbonyl (C=O) groups is 1. The van der Waals surface area contributed by atoms with E-state index in [0.717, 1.165) is 9.86 Å². The summed E-state index contributed by atoms with van der Waals surface area (Å²) in [5.41, 5.74) is 1.21. The normalized spacial score (nSPS) is 10.8. The lowest BCUT2D eigenvalue weighted by Crippen LogP contribution is -1.89. The molecule has 0 amide bonds. The molecule has 0 saturated heterocycles. The molecule has 0 aliphatic heterocycles. The van der Waals surface area contributed by atoms with Gasteiger partial charge in [-0.25, -0.2) is 0 Å². The molecule has 2 rings (SSSR count). The first-order valence-corrected chi connectivity index (χ1v) is 4.24. The minimum Gasteiger partial charge on any atom is -0.447 e. The van der Waals surface area contributed by atoms with Crippen LogP contribution < -0.4 is 0 Å². The Morgan fingerprint density at radius 2 is 2.42 bits per heavy atom. The van der Waals surface area contributed by atoms with Crippen LogP contribution >= 0.6 is 15.9 Å². The van der Waals surface area contributed by atoms with Crippen LogP contribution in [-0.2, 0) is 0 Å². The Morgan fingerprint density at radius 3 is 3.00 bits per heavy atom. The number of hydrogen-bond donors (Lipinski definition) is 1. The van der Waals surface area contributed by atoms with Crippen molar-refractivity contribution in [1.29, 1.82) is 0 Å². The van der Waals surface area contributed by atoms with E-state index in [0.29, 0.717) is 11.4 Å². The van der Waals surface area contributed by atoms with E-state index in [1.54, 1.807) is 12.3 Å². The third-order valence-electron chi connectivity index (χ3n) is 1.70. The topological polar surface area (TPSA) is 46.0 Å². The molecule has 0 aromatic carbocycles. The zero-order chi connectivity index (χ0) is 8.72. The van der Waals surface area contributed by atoms with Crippen LogP contribution in [0.1, 0.15) is 17.4 Å². The Bertz CT molecular complexity index is 441. The van der Waals surface area contributed by atoms with Crippen LogP contribution in [0.4, 0.5) is 0 Å². The quantitative estimate of drug-likeness (QED) is 0.762. The average Bonchev–Trinajstić information content (AvgIpc) is 2.53. The molecule has 1 N–H and O–H groups in total. The molecule has 0 aliphatic rings. The van der Waals surface area contributed by atoms with Crippen molar-refractivity contribution in [2.24, 2.45) is 0 Å². The number of H-pyrrole nitrogens is 1. The molecule has 12 heavy (non-hydrogen) atoms. The van der Waals surface area contributed by atoms with Crippen molar-refractivity contribution < 1.29 is 9.21 Å². The fraction of sp³-hybridized carbons (Fsp3) is 0.125. The van der Waals surface area contributed by atoms with E-state index >= 15 is 0 Å². The first-order chi connectivity index (χ1) is 5.68. The highest BCUT2D eigenvalue weighted by molar-refractivity contribution is 9.10. The largest absolute Gasteiger partial charge is 0.447 e. The average molecular weight is 228 g/mol. The van der Waals surface area contributed by atoms with Gasteiger partial charge in [0.05, 0.1) is 15.6 Å². The van der Waals surface area contributed by atoms with Gasteiger partial charge < -0.3 is 9.40 Å². The van der Waals surface area contributed by atoms with E-state index in [2.05, 4.69) is 20.9 Å². The van der Waals surface area contributed by atoms with Crippen molar-refractivity contribution in [3.8, 4) is 0 Å². The Hall–Kier alpha value is -1.03. The highest BCUT2D eigenvalue weighted by atomic mass is 79.9. The van der Waals surface area contributed by atoms with Gasteiger partial charge in [-0.3, -0.25) is 4.79 Å². The third kappa shape index (κ3) is 0.992. The van der Waals surface area contributed by atoms with Crippen LogP contribution in [0.3, 0.4) is 0 Å². The number of aromatic nitrogens is 1. The molecular formula is C8H6BrNO2. The Morgan fingerprint density at radius 1 is 1.67 bits per heavy atom. The monoisotopic (exact) mass is 227 g/mol. The molecule has 2 aromatic heterocycles. The van der Waals surface area contributed by atoms with Crippen LogP contribution in [0, 0.1) is 0 Å². The van der Waals surface area contributed by atoms with Gasteiger partial charge in [0, 0.05) is 6.92 Å². The van der Waals surface area contributed by atoms with Crippen LogP contribution in [0.25, 0.3) is 11.1 Å². The lowest BCUT2D eigenvalue weighted by Gasteiger charge is -1.83. The van der Waals surface area contributed by atoms with Crippen molar-refractivity contribution in [2.45, 2.75) is 6.92 Å². The molecule has 0 atom stereocenters. The first kappa shape index (κ1) is 7.61. The van der Waals surface area contributed by atoms with Crippen molar-refractivity contribution in [2.75, 3.05) is 0 Å². The molecule has 62 valence electrons. The van der Waals surface area contributed by atoms with Crippen molar-refractivity contribution in [1.82, 2.24) is 4.98 Å². The number of rotatable bonds is 1. The summed E-state index contributed by atoms with van der Waals surface area (Å²) >= 11 is 3.30. The van der Waals surface area contributed by atoms with Crippen molar-refractivity contribution >= 4 is 32.8 Å². The van der Waals surface area contributed by atoms with Crippen LogP contribution in [0.5, 0.6) is 0 Å². The van der Waals surface area contributed by atoms with E-state index in [1.165, 1.54) is 6.92 Å². The molecule has 0 spiro atoms. The Kier molecular flexibility index (Phi) is 1.58. The Balaban J connectivity index is 2.70. The second-order valence-electron chi connectivity index (χ2n) is 2.57. The number of nitrogens with one attached hydrogen (secondary N) is 1. The molecular weight excluding hydrogens is 222 g/mol. The SMILES string of the molecule is CC(=O)c1cc2c(Br)coc2[nH]1. The minimum absolute atomic E-state index is 0.00769. The maximum absolute atomic E-state index is 10.9. The van der Waals surface area contributed by atoms with Gasteiger partial charge in [-0.2, -0.15) is 0 Å². The number of aromatic amines is 1. The molecule has 0 saturated carbocycles. The van der Waals surface area contributed by atoms with Gasteiger partial charge in [0.1, 0.15) is 6.26 Å². The summed E-state index contributed by atoms with van der Waals surface area (Å²) in [7, 11) is 0. The summed E-state index contributed by atoms with van der Waals surface area (Å²) in [5, 5.41) is 0.903. The van der Waals surface area contributed by atoms with Gasteiger partial charge in [0.25, 0.3) is 0 Å². The van der Waals surface area contributed by atoms with Crippen LogP contribution in [-0.4, -0.2) is 10.8 Å². The molecule has 0 radical (unpaired) electrons. The van der Waals surface area contributed by atoms with Gasteiger partial charge >= 0.3 is 0 Å². The smallest absolute Gasteiger partial charge is 0.205 e. The van der Waals surface area contributed by atoms with E-state index in [-0.39, 0.29) is 5.78 Å². The molecule has 2 heterocycles. The van der Waals surface area contributed by atoms with Gasteiger partial charge in [-0.1, -0.05) is 0 Å². The second kappa shape index (κ2) is 2.48. The molecule has 2 aromatic rings. The first-order valence-electron chi connectivity index (χ1n) is 3.45. The van der Waals surface area contributed by atoms with Gasteiger partial charge in [0.2, 0.25) is 5.71 Å². The molecule has 0 bridgehead atoms. The fourth-order valence-electron chi connectivity index (χ4n) is 1.07. The highest BCUT2D eigenvalue weighted by Gasteiger charge is 2.09. The summed E-state index contributed by atoms with van der Waals surface area (Å²) in [6, 6.07) is 1.77. The zero-order valence-corrected chi connectivity index (χ0v) is 7.94.